The molecule has 0 spiro atoms. The first kappa shape index (κ1) is 14.8. The molecular weight excluding hydrogens is 286 g/mol. The number of carbonyl (C=O) groups excluding carboxylic acids is 1. The van der Waals surface area contributed by atoms with Gasteiger partial charge in [-0.05, 0) is 48.0 Å². The Bertz CT molecular complexity index is 699. The highest BCUT2D eigenvalue weighted by atomic mass is 35.5. The van der Waals surface area contributed by atoms with Crippen LogP contribution in [0.4, 0.5) is 0 Å². The van der Waals surface area contributed by atoms with Gasteiger partial charge in [0.1, 0.15) is 11.8 Å². The van der Waals surface area contributed by atoms with E-state index in [0.717, 1.165) is 5.56 Å². The summed E-state index contributed by atoms with van der Waals surface area (Å²) in [6, 6.07) is 15.8. The number of hydrogen-bond donors (Lipinski definition) is 0. The smallest absolute Gasteiger partial charge is 0.185 e. The van der Waals surface area contributed by atoms with Gasteiger partial charge in [0.05, 0.1) is 0 Å². The Morgan fingerprint density at radius 3 is 2.67 bits per heavy atom. The molecule has 2 aromatic rings. The lowest BCUT2D eigenvalue weighted by atomic mass is 10.1. The van der Waals surface area contributed by atoms with Crippen molar-refractivity contribution < 1.29 is 9.53 Å². The normalized spacial score (nSPS) is 10.3. The molecule has 0 heterocycles. The molecule has 0 N–H and O–H groups in total. The molecule has 0 aliphatic carbocycles. The van der Waals surface area contributed by atoms with Gasteiger partial charge in [-0.3, -0.25) is 4.79 Å². The van der Waals surface area contributed by atoms with Crippen LogP contribution in [0.5, 0.6) is 5.75 Å². The Hall–Kier alpha value is -2.57. The highest BCUT2D eigenvalue weighted by molar-refractivity contribution is 6.30. The number of allylic oxidation sites excluding steroid dienone is 1. The third-order valence-corrected chi connectivity index (χ3v) is 2.95. The molecule has 0 saturated heterocycles. The van der Waals surface area contributed by atoms with E-state index >= 15 is 0 Å². The van der Waals surface area contributed by atoms with E-state index in [-0.39, 0.29) is 12.4 Å². The van der Waals surface area contributed by atoms with Crippen molar-refractivity contribution in [1.29, 1.82) is 5.26 Å². The maximum absolute atomic E-state index is 12.0. The standard InChI is InChI=1S/C17H12ClNO2/c18-15-3-1-2-13(12-15)4-9-17(20)14-5-7-16(8-6-14)21-11-10-19/h1-9,12H,11H2/b9-4+. The summed E-state index contributed by atoms with van der Waals surface area (Å²) >= 11 is 5.88. The lowest BCUT2D eigenvalue weighted by Gasteiger charge is -2.01. The first-order valence-electron chi connectivity index (χ1n) is 6.27. The molecule has 0 aromatic heterocycles. The van der Waals surface area contributed by atoms with Crippen molar-refractivity contribution in [2.75, 3.05) is 6.61 Å². The van der Waals surface area contributed by atoms with Crippen LogP contribution in [-0.2, 0) is 0 Å². The first-order chi connectivity index (χ1) is 10.2. The molecule has 0 saturated carbocycles. The third kappa shape index (κ3) is 4.48. The highest BCUT2D eigenvalue weighted by Gasteiger charge is 2.02. The fourth-order valence-corrected chi connectivity index (χ4v) is 1.91. The van der Waals surface area contributed by atoms with Gasteiger partial charge in [0, 0.05) is 10.6 Å². The summed E-state index contributed by atoms with van der Waals surface area (Å²) in [6.45, 7) is -0.0119. The van der Waals surface area contributed by atoms with E-state index in [2.05, 4.69) is 0 Å². The van der Waals surface area contributed by atoms with Crippen molar-refractivity contribution >= 4 is 23.5 Å². The van der Waals surface area contributed by atoms with Crippen molar-refractivity contribution in [1.82, 2.24) is 0 Å². The number of ether oxygens (including phenoxy) is 1. The van der Waals surface area contributed by atoms with Crippen LogP contribution in [0, 0.1) is 11.3 Å². The zero-order chi connectivity index (χ0) is 15.1. The lowest BCUT2D eigenvalue weighted by molar-refractivity contribution is 0.104. The molecule has 2 aromatic carbocycles. The van der Waals surface area contributed by atoms with Crippen LogP contribution in [0.1, 0.15) is 15.9 Å². The molecule has 21 heavy (non-hydrogen) atoms. The molecule has 0 unspecified atom stereocenters. The quantitative estimate of drug-likeness (QED) is 0.615. The SMILES string of the molecule is N#CCOc1ccc(C(=O)/C=C/c2cccc(Cl)c2)cc1. The maximum Gasteiger partial charge on any atom is 0.185 e. The Labute approximate surface area is 128 Å². The van der Waals surface area contributed by atoms with Gasteiger partial charge < -0.3 is 4.74 Å². The molecular formula is C17H12ClNO2. The second kappa shape index (κ2) is 7.28. The van der Waals surface area contributed by atoms with E-state index in [1.54, 1.807) is 42.5 Å². The fraction of sp³-hybridized carbons (Fsp3) is 0.0588. The topological polar surface area (TPSA) is 50.1 Å². The zero-order valence-corrected chi connectivity index (χ0v) is 11.9. The Kier molecular flexibility index (Phi) is 5.14. The van der Waals surface area contributed by atoms with E-state index in [1.807, 2.05) is 18.2 Å². The van der Waals surface area contributed by atoms with Crippen LogP contribution in [0.3, 0.4) is 0 Å². The van der Waals surface area contributed by atoms with E-state index < -0.39 is 0 Å². The second-order valence-electron chi connectivity index (χ2n) is 4.22. The molecule has 2 rings (SSSR count). The molecule has 4 heteroatoms. The number of benzene rings is 2. The van der Waals surface area contributed by atoms with Crippen LogP contribution in [0.2, 0.25) is 5.02 Å². The monoisotopic (exact) mass is 297 g/mol. The predicted molar refractivity (Wildman–Crippen MR) is 82.4 cm³/mol. The zero-order valence-electron chi connectivity index (χ0n) is 11.1. The molecule has 0 fully saturated rings. The minimum Gasteiger partial charge on any atom is -0.479 e. The van der Waals surface area contributed by atoms with Gasteiger partial charge in [0.15, 0.2) is 12.4 Å². The molecule has 3 nitrogen and oxygen atoms in total. The summed E-state index contributed by atoms with van der Waals surface area (Å²) < 4.78 is 5.13. The predicted octanol–water partition coefficient (Wildman–Crippen LogP) is 4.14. The molecule has 0 aliphatic rings. The third-order valence-electron chi connectivity index (χ3n) is 2.72. The molecule has 0 amide bonds. The van der Waals surface area contributed by atoms with E-state index in [9.17, 15) is 4.79 Å². The van der Waals surface area contributed by atoms with Crippen molar-refractivity contribution in [3.63, 3.8) is 0 Å². The molecule has 0 aliphatic heterocycles. The Morgan fingerprint density at radius 2 is 2.00 bits per heavy atom. The van der Waals surface area contributed by atoms with E-state index in [0.29, 0.717) is 16.3 Å². The van der Waals surface area contributed by atoms with Crippen LogP contribution in [-0.4, -0.2) is 12.4 Å². The number of nitrogens with zero attached hydrogens (tertiary/aromatic N) is 1. The van der Waals surface area contributed by atoms with E-state index in [1.165, 1.54) is 6.08 Å². The first-order valence-corrected chi connectivity index (χ1v) is 6.64. The van der Waals surface area contributed by atoms with Gasteiger partial charge in [-0.25, -0.2) is 0 Å². The Balaban J connectivity index is 2.05. The number of hydrogen-bond acceptors (Lipinski definition) is 3. The van der Waals surface area contributed by atoms with Gasteiger partial charge in [0.25, 0.3) is 0 Å². The van der Waals surface area contributed by atoms with Gasteiger partial charge >= 0.3 is 0 Å². The van der Waals surface area contributed by atoms with Crippen LogP contribution >= 0.6 is 11.6 Å². The fourth-order valence-electron chi connectivity index (χ4n) is 1.71. The van der Waals surface area contributed by atoms with Gasteiger partial charge in [-0.1, -0.05) is 29.8 Å². The molecule has 0 radical (unpaired) electrons. The van der Waals surface area contributed by atoms with Gasteiger partial charge in [-0.15, -0.1) is 0 Å². The number of carbonyl (C=O) groups is 1. The summed E-state index contributed by atoms with van der Waals surface area (Å²) in [4.78, 5) is 12.0. The van der Waals surface area contributed by atoms with Crippen LogP contribution in [0.15, 0.2) is 54.6 Å². The summed E-state index contributed by atoms with van der Waals surface area (Å²) in [5.41, 5.74) is 1.42. The van der Waals surface area contributed by atoms with Crippen molar-refractivity contribution in [3.05, 3.63) is 70.8 Å². The molecule has 104 valence electrons. The minimum atomic E-state index is -0.109. The highest BCUT2D eigenvalue weighted by Crippen LogP contribution is 2.15. The van der Waals surface area contributed by atoms with Crippen LogP contribution in [0.25, 0.3) is 6.08 Å². The van der Waals surface area contributed by atoms with Crippen molar-refractivity contribution in [2.24, 2.45) is 0 Å². The van der Waals surface area contributed by atoms with Crippen molar-refractivity contribution in [3.8, 4) is 11.8 Å². The summed E-state index contributed by atoms with van der Waals surface area (Å²) in [7, 11) is 0. The summed E-state index contributed by atoms with van der Waals surface area (Å²) in [6.07, 6.45) is 3.21. The molecule has 0 atom stereocenters. The number of ketones is 1. The second-order valence-corrected chi connectivity index (χ2v) is 4.66. The van der Waals surface area contributed by atoms with Gasteiger partial charge in [-0.2, -0.15) is 5.26 Å². The summed E-state index contributed by atoms with van der Waals surface area (Å²) in [5, 5.41) is 9.05. The number of rotatable bonds is 5. The van der Waals surface area contributed by atoms with Crippen LogP contribution < -0.4 is 4.74 Å². The van der Waals surface area contributed by atoms with Gasteiger partial charge in [0.2, 0.25) is 0 Å². The molecule has 0 bridgehead atoms. The average molecular weight is 298 g/mol. The van der Waals surface area contributed by atoms with Crippen molar-refractivity contribution in [2.45, 2.75) is 0 Å². The summed E-state index contributed by atoms with van der Waals surface area (Å²) in [5.74, 6) is 0.453. The lowest BCUT2D eigenvalue weighted by Crippen LogP contribution is -1.96. The number of halogens is 1. The largest absolute Gasteiger partial charge is 0.479 e. The maximum atomic E-state index is 12.0. The minimum absolute atomic E-state index is 0.0119. The van der Waals surface area contributed by atoms with E-state index in [4.69, 9.17) is 21.6 Å². The number of nitriles is 1. The average Bonchev–Trinajstić information content (AvgIpc) is 2.51. The Morgan fingerprint density at radius 1 is 1.24 bits per heavy atom.